The first-order valence-electron chi connectivity index (χ1n) is 15.1. The van der Waals surface area contributed by atoms with E-state index in [4.69, 9.17) is 4.74 Å². The minimum Gasteiger partial charge on any atom is -0.474 e. The third-order valence-electron chi connectivity index (χ3n) is 6.63. The fraction of sp³-hybridized carbons (Fsp3) is 0.389. The number of nitrogens with one attached hydrogen (secondary N) is 2. The van der Waals surface area contributed by atoms with E-state index in [1.807, 2.05) is 36.4 Å². The molecule has 0 radical (unpaired) electrons. The lowest BCUT2D eigenvalue weighted by Crippen LogP contribution is -2.36. The van der Waals surface area contributed by atoms with Gasteiger partial charge in [-0.1, -0.05) is 110 Å². The molecule has 0 spiro atoms. The van der Waals surface area contributed by atoms with Gasteiger partial charge < -0.3 is 20.5 Å². The number of amides is 2. The van der Waals surface area contributed by atoms with Gasteiger partial charge in [-0.25, -0.2) is 0 Å². The first-order valence-corrected chi connectivity index (χ1v) is 15.1. The Morgan fingerprint density at radius 3 is 1.83 bits per heavy atom. The van der Waals surface area contributed by atoms with Crippen LogP contribution in [-0.4, -0.2) is 36.1 Å². The van der Waals surface area contributed by atoms with Crippen molar-refractivity contribution in [2.75, 3.05) is 13.1 Å². The molecule has 0 bridgehead atoms. The van der Waals surface area contributed by atoms with E-state index in [1.54, 1.807) is 6.92 Å². The van der Waals surface area contributed by atoms with Crippen LogP contribution in [0.3, 0.4) is 0 Å². The van der Waals surface area contributed by atoms with Gasteiger partial charge >= 0.3 is 0 Å². The summed E-state index contributed by atoms with van der Waals surface area (Å²) in [6, 6.07) is 9.31. The van der Waals surface area contributed by atoms with E-state index < -0.39 is 17.6 Å². The summed E-state index contributed by atoms with van der Waals surface area (Å²) >= 11 is 0. The van der Waals surface area contributed by atoms with Crippen molar-refractivity contribution in [3.05, 3.63) is 121 Å². The van der Waals surface area contributed by atoms with Crippen molar-refractivity contribution >= 4 is 11.8 Å². The van der Waals surface area contributed by atoms with Gasteiger partial charge in [0.2, 0.25) is 5.91 Å². The van der Waals surface area contributed by atoms with Gasteiger partial charge in [0.05, 0.1) is 0 Å². The van der Waals surface area contributed by atoms with Crippen molar-refractivity contribution in [1.82, 2.24) is 10.6 Å². The molecule has 2 amide bonds. The molecule has 1 aromatic rings. The van der Waals surface area contributed by atoms with Gasteiger partial charge in [0.15, 0.2) is 11.4 Å². The zero-order valence-corrected chi connectivity index (χ0v) is 25.2. The summed E-state index contributed by atoms with van der Waals surface area (Å²) in [7, 11) is 0. The predicted molar refractivity (Wildman–Crippen MR) is 172 cm³/mol. The molecule has 2 unspecified atom stereocenters. The summed E-state index contributed by atoms with van der Waals surface area (Å²) in [6.07, 6.45) is 33.2. The predicted octanol–water partition coefficient (Wildman–Crippen LogP) is 6.89. The lowest BCUT2D eigenvalue weighted by molar-refractivity contribution is -0.125. The molecule has 6 heteroatoms. The Morgan fingerprint density at radius 1 is 0.786 bits per heavy atom. The molecule has 226 valence electrons. The maximum absolute atomic E-state index is 12.5. The van der Waals surface area contributed by atoms with E-state index in [0.717, 1.165) is 44.1 Å². The van der Waals surface area contributed by atoms with E-state index in [0.29, 0.717) is 19.4 Å². The van der Waals surface area contributed by atoms with Gasteiger partial charge in [0, 0.05) is 19.5 Å². The largest absolute Gasteiger partial charge is 0.474 e. The summed E-state index contributed by atoms with van der Waals surface area (Å²) in [4.78, 5) is 24.5. The number of aliphatic hydroxyl groups excluding tert-OH is 1. The monoisotopic (exact) mass is 572 g/mol. The van der Waals surface area contributed by atoms with Gasteiger partial charge in [0.25, 0.3) is 5.91 Å². The highest BCUT2D eigenvalue weighted by molar-refractivity contribution is 5.92. The molecule has 3 N–H and O–H groups in total. The zero-order chi connectivity index (χ0) is 30.3. The van der Waals surface area contributed by atoms with Crippen LogP contribution in [0.25, 0.3) is 0 Å². The molecule has 1 aliphatic rings. The topological polar surface area (TPSA) is 87.7 Å². The van der Waals surface area contributed by atoms with E-state index in [-0.39, 0.29) is 18.2 Å². The first kappa shape index (κ1) is 34.3. The van der Waals surface area contributed by atoms with Gasteiger partial charge in [-0.05, 0) is 63.5 Å². The minimum atomic E-state index is -1.01. The quantitative estimate of drug-likeness (QED) is 0.124. The average molecular weight is 573 g/mol. The number of ether oxygens (including phenoxy) is 1. The highest BCUT2D eigenvalue weighted by atomic mass is 16.5. The second kappa shape index (κ2) is 20.9. The number of hydrogen-bond donors (Lipinski definition) is 3. The van der Waals surface area contributed by atoms with Gasteiger partial charge in [-0.3, -0.25) is 9.59 Å². The molecular formula is C36H48N2O4. The highest BCUT2D eigenvalue weighted by Crippen LogP contribution is 2.37. The van der Waals surface area contributed by atoms with E-state index in [1.165, 1.54) is 6.08 Å². The molecule has 1 aromatic carbocycles. The Balaban J connectivity index is 1.47. The molecule has 0 aromatic heterocycles. The second-order valence-corrected chi connectivity index (χ2v) is 10.1. The fourth-order valence-corrected chi connectivity index (χ4v) is 4.15. The van der Waals surface area contributed by atoms with Crippen LogP contribution in [0.1, 0.15) is 70.8 Å². The van der Waals surface area contributed by atoms with Crippen LogP contribution in [0.4, 0.5) is 0 Å². The smallest absolute Gasteiger partial charge is 0.286 e. The molecule has 0 fully saturated rings. The third kappa shape index (κ3) is 13.6. The van der Waals surface area contributed by atoms with E-state index in [9.17, 15) is 14.7 Å². The van der Waals surface area contributed by atoms with Gasteiger partial charge in [-0.2, -0.15) is 0 Å². The molecule has 0 saturated heterocycles. The minimum absolute atomic E-state index is 0.0628. The van der Waals surface area contributed by atoms with Crippen molar-refractivity contribution in [2.24, 2.45) is 0 Å². The van der Waals surface area contributed by atoms with Gasteiger partial charge in [-0.15, -0.1) is 0 Å². The average Bonchev–Trinajstić information content (AvgIpc) is 3.31. The highest BCUT2D eigenvalue weighted by Gasteiger charge is 2.43. The number of hydrogen-bond acceptors (Lipinski definition) is 4. The molecule has 0 aliphatic carbocycles. The molecular weight excluding hydrogens is 524 g/mol. The molecule has 2 rings (SSSR count). The van der Waals surface area contributed by atoms with E-state index in [2.05, 4.69) is 84.4 Å². The number of benzene rings is 1. The molecule has 0 saturated carbocycles. The van der Waals surface area contributed by atoms with Crippen LogP contribution >= 0.6 is 0 Å². The standard InChI is InChI=1S/C36H48N2O4/c1-3-4-5-6-7-8-9-10-11-12-13-14-15-16-17-18-19-20-24-27-34(40)37-28-29-38-35(41)32-30-33(39)36(2,42-32)31-25-22-21-23-26-31/h4-5,7-8,10-11,13-14,16-17,19-23,25-26,30,33,39H,3,6,9,12,15,18,24,27-29H2,1-2H3,(H,37,40)(H,38,41)/b5-4-,8-7-,11-10-,14-13-,17-16-,20-19-. The second-order valence-electron chi connectivity index (χ2n) is 10.1. The fourth-order valence-electron chi connectivity index (χ4n) is 4.15. The maximum atomic E-state index is 12.5. The molecule has 42 heavy (non-hydrogen) atoms. The summed E-state index contributed by atoms with van der Waals surface area (Å²) in [5.41, 5.74) is -0.223. The molecule has 6 nitrogen and oxygen atoms in total. The summed E-state index contributed by atoms with van der Waals surface area (Å²) in [6.45, 7) is 4.48. The number of rotatable bonds is 19. The molecule has 1 aliphatic heterocycles. The van der Waals surface area contributed by atoms with Crippen molar-refractivity contribution < 1.29 is 19.4 Å². The maximum Gasteiger partial charge on any atom is 0.286 e. The van der Waals surface area contributed by atoms with Gasteiger partial charge in [0.1, 0.15) is 6.10 Å². The summed E-state index contributed by atoms with van der Waals surface area (Å²) < 4.78 is 5.83. The van der Waals surface area contributed by atoms with Crippen LogP contribution in [-0.2, 0) is 19.9 Å². The zero-order valence-electron chi connectivity index (χ0n) is 25.2. The van der Waals surface area contributed by atoms with Crippen molar-refractivity contribution in [2.45, 2.75) is 76.9 Å². The number of carbonyl (C=O) groups is 2. The Labute approximate surface area is 252 Å². The van der Waals surface area contributed by atoms with E-state index >= 15 is 0 Å². The first-order chi connectivity index (χ1) is 20.5. The Kier molecular flexibility index (Phi) is 17.1. The van der Waals surface area contributed by atoms with Crippen LogP contribution in [0.5, 0.6) is 0 Å². The lowest BCUT2D eigenvalue weighted by atomic mass is 9.91. The lowest BCUT2D eigenvalue weighted by Gasteiger charge is -2.28. The Morgan fingerprint density at radius 2 is 1.29 bits per heavy atom. The normalized spacial score (nSPS) is 19.1. The van der Waals surface area contributed by atoms with Crippen LogP contribution in [0, 0.1) is 0 Å². The van der Waals surface area contributed by atoms with Crippen molar-refractivity contribution in [3.8, 4) is 0 Å². The third-order valence-corrected chi connectivity index (χ3v) is 6.63. The van der Waals surface area contributed by atoms with Crippen LogP contribution in [0.15, 0.2) is 115 Å². The SMILES string of the molecule is CC/C=C\C/C=C\C/C=C\C/C=C\C/C=C\C/C=C\CCC(=O)NCCNC(=O)C1=CC(O)C(C)(c2ccccc2)O1. The van der Waals surface area contributed by atoms with Crippen LogP contribution in [0.2, 0.25) is 0 Å². The van der Waals surface area contributed by atoms with Crippen LogP contribution < -0.4 is 10.6 Å². The summed E-state index contributed by atoms with van der Waals surface area (Å²) in [5.74, 6) is -0.397. The molecule has 1 heterocycles. The number of aliphatic hydroxyl groups is 1. The number of carbonyl (C=O) groups excluding carboxylic acids is 2. The number of allylic oxidation sites excluding steroid dienone is 12. The Hall–Kier alpha value is -3.90. The Bertz CT molecular complexity index is 1140. The summed E-state index contributed by atoms with van der Waals surface area (Å²) in [5, 5.41) is 16.0. The molecule has 2 atom stereocenters. The van der Waals surface area contributed by atoms with Crippen molar-refractivity contribution in [1.29, 1.82) is 0 Å². The van der Waals surface area contributed by atoms with Crippen molar-refractivity contribution in [3.63, 3.8) is 0 Å².